The summed E-state index contributed by atoms with van der Waals surface area (Å²) in [4.78, 5) is 4.22. The summed E-state index contributed by atoms with van der Waals surface area (Å²) >= 11 is 0. The van der Waals surface area contributed by atoms with Gasteiger partial charge in [-0.05, 0) is 25.0 Å². The van der Waals surface area contributed by atoms with Crippen LogP contribution in [0.3, 0.4) is 0 Å². The Morgan fingerprint density at radius 3 is 2.93 bits per heavy atom. The Hall–Kier alpha value is -0.740. The maximum atomic E-state index is 11.7. The molecule has 0 aromatic carbocycles. The van der Waals surface area contributed by atoms with Gasteiger partial charge in [0.1, 0.15) is 0 Å². The van der Waals surface area contributed by atoms with Crippen LogP contribution in [0.25, 0.3) is 0 Å². The second kappa shape index (κ2) is 5.98. The number of pyridine rings is 1. The molecule has 15 heavy (non-hydrogen) atoms. The van der Waals surface area contributed by atoms with E-state index in [1.54, 1.807) is 6.20 Å². The van der Waals surface area contributed by atoms with Crippen LogP contribution >= 0.6 is 0 Å². The van der Waals surface area contributed by atoms with Gasteiger partial charge in [0.05, 0.1) is 11.4 Å². The number of nitrogens with two attached hydrogens (primary N) is 1. The van der Waals surface area contributed by atoms with E-state index in [9.17, 15) is 4.21 Å². The molecular formula is C11H18N2OS. The Bertz CT molecular complexity index is 341. The summed E-state index contributed by atoms with van der Waals surface area (Å²) in [5, 5.41) is 0. The molecule has 2 unspecified atom stereocenters. The minimum Gasteiger partial charge on any atom is -0.327 e. The molecule has 0 amide bonds. The number of nitrogens with zero attached hydrogens (tertiary/aromatic N) is 1. The highest BCUT2D eigenvalue weighted by molar-refractivity contribution is 7.84. The van der Waals surface area contributed by atoms with Gasteiger partial charge in [-0.2, -0.15) is 0 Å². The lowest BCUT2D eigenvalue weighted by Crippen LogP contribution is -2.26. The van der Waals surface area contributed by atoms with Crippen molar-refractivity contribution < 1.29 is 4.21 Å². The molecule has 0 aliphatic carbocycles. The summed E-state index contributed by atoms with van der Waals surface area (Å²) in [6.45, 7) is 3.99. The number of hydrogen-bond donors (Lipinski definition) is 1. The topological polar surface area (TPSA) is 56.0 Å². The van der Waals surface area contributed by atoms with Gasteiger partial charge in [0.15, 0.2) is 0 Å². The lowest BCUT2D eigenvalue weighted by Gasteiger charge is -2.08. The molecular weight excluding hydrogens is 208 g/mol. The minimum absolute atomic E-state index is 0.0369. The van der Waals surface area contributed by atoms with Crippen LogP contribution in [0.15, 0.2) is 18.3 Å². The van der Waals surface area contributed by atoms with E-state index < -0.39 is 10.8 Å². The fraction of sp³-hybridized carbons (Fsp3) is 0.545. The highest BCUT2D eigenvalue weighted by atomic mass is 32.2. The molecule has 0 bridgehead atoms. The zero-order valence-electron chi connectivity index (χ0n) is 9.27. The van der Waals surface area contributed by atoms with Crippen LogP contribution in [0.1, 0.15) is 24.6 Å². The van der Waals surface area contributed by atoms with Gasteiger partial charge < -0.3 is 5.73 Å². The first-order chi connectivity index (χ1) is 7.13. The highest BCUT2D eigenvalue weighted by Crippen LogP contribution is 2.07. The van der Waals surface area contributed by atoms with Gasteiger partial charge in [0.25, 0.3) is 0 Å². The van der Waals surface area contributed by atoms with Gasteiger partial charge in [-0.15, -0.1) is 0 Å². The fourth-order valence-corrected chi connectivity index (χ4v) is 2.68. The maximum absolute atomic E-state index is 11.7. The lowest BCUT2D eigenvalue weighted by atomic mass is 10.2. The quantitative estimate of drug-likeness (QED) is 0.825. The summed E-state index contributed by atoms with van der Waals surface area (Å²) in [5.74, 6) is 1.08. The largest absolute Gasteiger partial charge is 0.327 e. The molecule has 0 fully saturated rings. The molecule has 0 aliphatic rings. The van der Waals surface area contributed by atoms with Gasteiger partial charge in [-0.1, -0.05) is 13.0 Å². The normalized spacial score (nSPS) is 14.9. The van der Waals surface area contributed by atoms with E-state index >= 15 is 0 Å². The van der Waals surface area contributed by atoms with Gasteiger partial charge >= 0.3 is 0 Å². The maximum Gasteiger partial charge on any atom is 0.0662 e. The average molecular weight is 226 g/mol. The Morgan fingerprint density at radius 1 is 1.60 bits per heavy atom. The second-order valence-corrected chi connectivity index (χ2v) is 5.19. The van der Waals surface area contributed by atoms with E-state index in [1.165, 1.54) is 0 Å². The third-order valence-electron chi connectivity index (χ3n) is 2.34. The van der Waals surface area contributed by atoms with E-state index in [0.717, 1.165) is 17.7 Å². The molecule has 0 saturated carbocycles. The first-order valence-corrected chi connectivity index (χ1v) is 6.63. The number of rotatable bonds is 5. The molecule has 0 radical (unpaired) electrons. The van der Waals surface area contributed by atoms with E-state index in [2.05, 4.69) is 4.98 Å². The molecule has 84 valence electrons. The molecule has 1 aromatic rings. The number of aromatic nitrogens is 1. The highest BCUT2D eigenvalue weighted by Gasteiger charge is 2.09. The molecule has 2 N–H and O–H groups in total. The molecule has 1 heterocycles. The van der Waals surface area contributed by atoms with Crippen LogP contribution in [-0.4, -0.2) is 21.0 Å². The van der Waals surface area contributed by atoms with Crippen molar-refractivity contribution in [1.29, 1.82) is 0 Å². The van der Waals surface area contributed by atoms with Crippen molar-refractivity contribution in [3.8, 4) is 0 Å². The number of aryl methyl sites for hydroxylation is 1. The first-order valence-electron chi connectivity index (χ1n) is 5.14. The van der Waals surface area contributed by atoms with Gasteiger partial charge in [-0.25, -0.2) is 0 Å². The van der Waals surface area contributed by atoms with Crippen LogP contribution in [0.2, 0.25) is 0 Å². The molecule has 0 spiro atoms. The van der Waals surface area contributed by atoms with Crippen molar-refractivity contribution in [1.82, 2.24) is 4.98 Å². The lowest BCUT2D eigenvalue weighted by molar-refractivity contribution is 0.662. The molecule has 2 atom stereocenters. The second-order valence-electron chi connectivity index (χ2n) is 3.69. The van der Waals surface area contributed by atoms with E-state index in [4.69, 9.17) is 5.73 Å². The van der Waals surface area contributed by atoms with Crippen molar-refractivity contribution >= 4 is 10.8 Å². The monoisotopic (exact) mass is 226 g/mol. The summed E-state index contributed by atoms with van der Waals surface area (Å²) in [6, 6.07) is 3.91. The van der Waals surface area contributed by atoms with Crippen LogP contribution in [0.5, 0.6) is 0 Å². The average Bonchev–Trinajstić information content (AvgIpc) is 2.21. The SMILES string of the molecule is CCC(N)CS(=O)Cc1ncccc1C. The molecule has 3 nitrogen and oxygen atoms in total. The third kappa shape index (κ3) is 4.10. The predicted octanol–water partition coefficient (Wildman–Crippen LogP) is 1.38. The molecule has 1 aromatic heterocycles. The minimum atomic E-state index is -0.899. The zero-order valence-corrected chi connectivity index (χ0v) is 10.1. The van der Waals surface area contributed by atoms with Crippen LogP contribution in [0, 0.1) is 6.92 Å². The van der Waals surface area contributed by atoms with Crippen molar-refractivity contribution in [2.75, 3.05) is 5.75 Å². The van der Waals surface area contributed by atoms with E-state index in [1.807, 2.05) is 26.0 Å². The number of hydrogen-bond acceptors (Lipinski definition) is 3. The summed E-state index contributed by atoms with van der Waals surface area (Å²) in [7, 11) is -0.899. The van der Waals surface area contributed by atoms with Crippen LogP contribution in [-0.2, 0) is 16.6 Å². The van der Waals surface area contributed by atoms with Gasteiger partial charge in [-0.3, -0.25) is 9.19 Å². The van der Waals surface area contributed by atoms with Gasteiger partial charge in [0.2, 0.25) is 0 Å². The van der Waals surface area contributed by atoms with Crippen LogP contribution in [0.4, 0.5) is 0 Å². The first kappa shape index (κ1) is 12.3. The van der Waals surface area contributed by atoms with Gasteiger partial charge in [0, 0.05) is 28.8 Å². The summed E-state index contributed by atoms with van der Waals surface area (Å²) in [5.41, 5.74) is 7.76. The smallest absolute Gasteiger partial charge is 0.0662 e. The Morgan fingerprint density at radius 2 is 2.33 bits per heavy atom. The molecule has 1 rings (SSSR count). The standard InChI is InChI=1S/C11H18N2OS/c1-3-10(12)7-15(14)8-11-9(2)5-4-6-13-11/h4-6,10H,3,7-8,12H2,1-2H3. The fourth-order valence-electron chi connectivity index (χ4n) is 1.24. The summed E-state index contributed by atoms with van der Waals surface area (Å²) in [6.07, 6.45) is 2.60. The van der Waals surface area contributed by atoms with Crippen molar-refractivity contribution in [3.63, 3.8) is 0 Å². The summed E-state index contributed by atoms with van der Waals surface area (Å²) < 4.78 is 11.7. The molecule has 4 heteroatoms. The van der Waals surface area contributed by atoms with Crippen LogP contribution < -0.4 is 5.73 Å². The Balaban J connectivity index is 2.55. The predicted molar refractivity (Wildman–Crippen MR) is 64.0 cm³/mol. The van der Waals surface area contributed by atoms with E-state index in [0.29, 0.717) is 11.5 Å². The van der Waals surface area contributed by atoms with E-state index in [-0.39, 0.29) is 6.04 Å². The van der Waals surface area contributed by atoms with Crippen molar-refractivity contribution in [2.45, 2.75) is 32.1 Å². The third-order valence-corrected chi connectivity index (χ3v) is 3.74. The Labute approximate surface area is 93.6 Å². The Kier molecular flexibility index (Phi) is 4.91. The zero-order chi connectivity index (χ0) is 11.3. The molecule has 0 aliphatic heterocycles. The van der Waals surface area contributed by atoms with Crippen molar-refractivity contribution in [3.05, 3.63) is 29.6 Å². The molecule has 0 saturated heterocycles. The van der Waals surface area contributed by atoms with Crippen molar-refractivity contribution in [2.24, 2.45) is 5.73 Å².